The smallest absolute Gasteiger partial charge is 0.226 e. The molecule has 0 spiro atoms. The van der Waals surface area contributed by atoms with Crippen LogP contribution in [0.1, 0.15) is 31.7 Å². The Morgan fingerprint density at radius 2 is 2.15 bits per heavy atom. The zero-order chi connectivity index (χ0) is 18.5. The fourth-order valence-electron chi connectivity index (χ4n) is 2.78. The highest BCUT2D eigenvalue weighted by Crippen LogP contribution is 2.20. The molecule has 1 aromatic carbocycles. The molecule has 0 radical (unpaired) electrons. The molecule has 3 rings (SSSR count). The first kappa shape index (κ1) is 18.5. The normalized spacial score (nSPS) is 19.8. The lowest BCUT2D eigenvalue weighted by Gasteiger charge is -2.30. The summed E-state index contributed by atoms with van der Waals surface area (Å²) in [4.78, 5) is 25.2. The van der Waals surface area contributed by atoms with Crippen molar-refractivity contribution in [2.24, 2.45) is 0 Å². The summed E-state index contributed by atoms with van der Waals surface area (Å²) in [5.74, 6) is 1.15. The lowest BCUT2D eigenvalue weighted by molar-refractivity contribution is -0.125. The Kier molecular flexibility index (Phi) is 5.95. The van der Waals surface area contributed by atoms with Gasteiger partial charge in [-0.2, -0.15) is 5.10 Å². The van der Waals surface area contributed by atoms with E-state index < -0.39 is 6.29 Å². The molecule has 2 aromatic rings. The van der Waals surface area contributed by atoms with Gasteiger partial charge < -0.3 is 10.6 Å². The molecule has 2 atom stereocenters. The van der Waals surface area contributed by atoms with Gasteiger partial charge in [-0.15, -0.1) is 11.8 Å². The Morgan fingerprint density at radius 3 is 2.88 bits per heavy atom. The van der Waals surface area contributed by atoms with E-state index in [-0.39, 0.29) is 17.9 Å². The summed E-state index contributed by atoms with van der Waals surface area (Å²) in [6.45, 7) is 3.80. The second-order valence-electron chi connectivity index (χ2n) is 6.32. The van der Waals surface area contributed by atoms with Crippen molar-refractivity contribution < 1.29 is 9.59 Å². The summed E-state index contributed by atoms with van der Waals surface area (Å²) in [7, 11) is 0. The van der Waals surface area contributed by atoms with Crippen molar-refractivity contribution in [1.29, 1.82) is 0 Å². The molecule has 3 N–H and O–H groups in total. The maximum Gasteiger partial charge on any atom is 0.226 e. The van der Waals surface area contributed by atoms with Gasteiger partial charge in [0.05, 0.1) is 5.69 Å². The van der Waals surface area contributed by atoms with Gasteiger partial charge in [-0.25, -0.2) is 4.68 Å². The van der Waals surface area contributed by atoms with Crippen LogP contribution in [-0.4, -0.2) is 33.4 Å². The summed E-state index contributed by atoms with van der Waals surface area (Å²) < 4.78 is 1.62. The third kappa shape index (κ3) is 4.86. The quantitative estimate of drug-likeness (QED) is 0.676. The molecular formula is C18H23N5O2S. The maximum atomic E-state index is 12.3. The summed E-state index contributed by atoms with van der Waals surface area (Å²) >= 11 is 1.64. The molecule has 1 aliphatic rings. The van der Waals surface area contributed by atoms with Crippen LogP contribution in [0.25, 0.3) is 0 Å². The van der Waals surface area contributed by atoms with E-state index in [1.165, 1.54) is 0 Å². The van der Waals surface area contributed by atoms with Crippen LogP contribution in [0, 0.1) is 6.92 Å². The van der Waals surface area contributed by atoms with Crippen LogP contribution < -0.4 is 16.0 Å². The van der Waals surface area contributed by atoms with Crippen molar-refractivity contribution in [3.63, 3.8) is 0 Å². The molecule has 1 aliphatic heterocycles. The number of hydrogen-bond acceptors (Lipinski definition) is 5. The van der Waals surface area contributed by atoms with E-state index in [9.17, 15) is 9.59 Å². The van der Waals surface area contributed by atoms with E-state index in [2.05, 4.69) is 21.0 Å². The summed E-state index contributed by atoms with van der Waals surface area (Å²) in [5.41, 5.74) is 0.772. The van der Waals surface area contributed by atoms with E-state index in [0.29, 0.717) is 24.4 Å². The monoisotopic (exact) mass is 373 g/mol. The molecule has 7 nitrogen and oxygen atoms in total. The van der Waals surface area contributed by atoms with Gasteiger partial charge in [0.1, 0.15) is 5.82 Å². The van der Waals surface area contributed by atoms with Gasteiger partial charge in [0.2, 0.25) is 11.8 Å². The van der Waals surface area contributed by atoms with Crippen LogP contribution in [0.4, 0.5) is 5.82 Å². The van der Waals surface area contributed by atoms with E-state index in [1.807, 2.05) is 44.2 Å². The number of anilines is 1. The van der Waals surface area contributed by atoms with Gasteiger partial charge in [0.25, 0.3) is 0 Å². The molecule has 138 valence electrons. The Balaban J connectivity index is 1.59. The van der Waals surface area contributed by atoms with Crippen LogP contribution in [0.3, 0.4) is 0 Å². The number of thioether (sulfide) groups is 1. The van der Waals surface area contributed by atoms with Crippen molar-refractivity contribution in [2.45, 2.75) is 43.9 Å². The minimum absolute atomic E-state index is 0.0362. The highest BCUT2D eigenvalue weighted by Gasteiger charge is 2.26. The molecule has 0 bridgehead atoms. The minimum Gasteiger partial charge on any atom is -0.322 e. The van der Waals surface area contributed by atoms with Gasteiger partial charge in [-0.05, 0) is 26.0 Å². The largest absolute Gasteiger partial charge is 0.322 e. The zero-order valence-electron chi connectivity index (χ0n) is 14.9. The van der Waals surface area contributed by atoms with Crippen LogP contribution in [0.5, 0.6) is 0 Å². The third-order valence-electron chi connectivity index (χ3n) is 3.94. The number of amides is 2. The number of aryl methyl sites for hydroxylation is 1. The molecule has 1 saturated heterocycles. The number of hydrogen-bond donors (Lipinski definition) is 3. The lowest BCUT2D eigenvalue weighted by atomic mass is 10.2. The van der Waals surface area contributed by atoms with Crippen molar-refractivity contribution in [1.82, 2.24) is 20.4 Å². The highest BCUT2D eigenvalue weighted by molar-refractivity contribution is 7.99. The van der Waals surface area contributed by atoms with E-state index in [4.69, 9.17) is 0 Å². The first-order chi connectivity index (χ1) is 12.5. The lowest BCUT2D eigenvalue weighted by Crippen LogP contribution is -2.52. The first-order valence-electron chi connectivity index (χ1n) is 8.60. The van der Waals surface area contributed by atoms with Crippen LogP contribution in [-0.2, 0) is 9.59 Å². The Morgan fingerprint density at radius 1 is 1.38 bits per heavy atom. The molecular weight excluding hydrogens is 350 g/mol. The predicted molar refractivity (Wildman–Crippen MR) is 102 cm³/mol. The standard InChI is InChI=1S/C18H23N5O2S/c1-12-11-17(25)21-18(19-12)23-15(10-13(2)22-23)20-16(24)8-9-26-14-6-4-3-5-7-14/h3-7,10,12,18-19H,8-9,11H2,1-2H3,(H,20,24)(H,21,25). The average Bonchev–Trinajstić information content (AvgIpc) is 2.95. The fourth-order valence-corrected chi connectivity index (χ4v) is 3.65. The molecule has 2 heterocycles. The van der Waals surface area contributed by atoms with Gasteiger partial charge in [-0.1, -0.05) is 18.2 Å². The highest BCUT2D eigenvalue weighted by atomic mass is 32.2. The van der Waals surface area contributed by atoms with Crippen molar-refractivity contribution in [3.8, 4) is 0 Å². The second-order valence-corrected chi connectivity index (χ2v) is 7.49. The van der Waals surface area contributed by atoms with Gasteiger partial charge >= 0.3 is 0 Å². The van der Waals surface area contributed by atoms with Gasteiger partial charge in [0.15, 0.2) is 6.29 Å². The number of rotatable bonds is 6. The third-order valence-corrected chi connectivity index (χ3v) is 4.96. The van der Waals surface area contributed by atoms with E-state index in [1.54, 1.807) is 22.5 Å². The molecule has 2 amide bonds. The summed E-state index contributed by atoms with van der Waals surface area (Å²) in [6.07, 6.45) is 0.355. The summed E-state index contributed by atoms with van der Waals surface area (Å²) in [5, 5.41) is 13.4. The number of aromatic nitrogens is 2. The van der Waals surface area contributed by atoms with Gasteiger partial charge in [-0.3, -0.25) is 14.9 Å². The van der Waals surface area contributed by atoms with E-state index in [0.717, 1.165) is 10.6 Å². The number of nitrogens with zero attached hydrogens (tertiary/aromatic N) is 2. The van der Waals surface area contributed by atoms with E-state index >= 15 is 0 Å². The first-order valence-corrected chi connectivity index (χ1v) is 9.59. The van der Waals surface area contributed by atoms with Crippen molar-refractivity contribution >= 4 is 29.4 Å². The number of carbonyl (C=O) groups excluding carboxylic acids is 2. The fraction of sp³-hybridized carbons (Fsp3) is 0.389. The minimum atomic E-state index is -0.464. The van der Waals surface area contributed by atoms with Crippen molar-refractivity contribution in [2.75, 3.05) is 11.1 Å². The molecule has 1 fully saturated rings. The molecule has 0 saturated carbocycles. The Hall–Kier alpha value is -2.32. The van der Waals surface area contributed by atoms with Gasteiger partial charge in [0, 0.05) is 35.6 Å². The maximum absolute atomic E-state index is 12.3. The van der Waals surface area contributed by atoms with Crippen LogP contribution in [0.2, 0.25) is 0 Å². The van der Waals surface area contributed by atoms with Crippen LogP contribution in [0.15, 0.2) is 41.3 Å². The molecule has 2 unspecified atom stereocenters. The van der Waals surface area contributed by atoms with Crippen LogP contribution >= 0.6 is 11.8 Å². The molecule has 0 aliphatic carbocycles. The van der Waals surface area contributed by atoms with Crippen molar-refractivity contribution in [3.05, 3.63) is 42.1 Å². The molecule has 26 heavy (non-hydrogen) atoms. The average molecular weight is 373 g/mol. The SMILES string of the molecule is Cc1cc(NC(=O)CCSc2ccccc2)n(C2NC(=O)CC(C)N2)n1. The second kappa shape index (κ2) is 8.37. The Bertz CT molecular complexity index is 777. The zero-order valence-corrected chi connectivity index (χ0v) is 15.7. The summed E-state index contributed by atoms with van der Waals surface area (Å²) in [6, 6.07) is 11.8. The Labute approximate surface area is 156 Å². The molecule has 8 heteroatoms. The number of nitrogens with one attached hydrogen (secondary N) is 3. The molecule has 1 aromatic heterocycles. The number of carbonyl (C=O) groups is 2. The topological polar surface area (TPSA) is 88.0 Å². The number of benzene rings is 1. The predicted octanol–water partition coefficient (Wildman–Crippen LogP) is 2.27.